The van der Waals surface area contributed by atoms with Crippen LogP contribution in [-0.4, -0.2) is 11.0 Å². The highest BCUT2D eigenvalue weighted by atomic mass is 127. The van der Waals surface area contributed by atoms with Crippen molar-refractivity contribution in [3.05, 3.63) is 35.6 Å². The second-order valence-electron chi connectivity index (χ2n) is 4.13. The highest BCUT2D eigenvalue weighted by molar-refractivity contribution is 14.1. The topological polar surface area (TPSA) is 9.23 Å². The second kappa shape index (κ2) is 8.86. The zero-order chi connectivity index (χ0) is 12.5. The molecule has 1 rings (SSSR count). The van der Waals surface area contributed by atoms with E-state index in [1.165, 1.54) is 25.3 Å². The first-order valence-corrected chi connectivity index (χ1v) is 7.73. The minimum absolute atomic E-state index is 0.0212. The third-order valence-electron chi connectivity index (χ3n) is 2.68. The molecule has 0 heterocycles. The number of rotatable bonds is 8. The molecule has 0 saturated heterocycles. The lowest BCUT2D eigenvalue weighted by Gasteiger charge is -2.15. The monoisotopic (exact) mass is 350 g/mol. The zero-order valence-corrected chi connectivity index (χ0v) is 12.5. The van der Waals surface area contributed by atoms with Crippen LogP contribution >= 0.6 is 22.6 Å². The molecule has 1 unspecified atom stereocenters. The second-order valence-corrected chi connectivity index (χ2v) is 5.01. The first-order valence-electron chi connectivity index (χ1n) is 6.21. The van der Waals surface area contributed by atoms with Gasteiger partial charge in [-0.25, -0.2) is 4.39 Å². The molecule has 1 nitrogen and oxygen atoms in total. The van der Waals surface area contributed by atoms with Gasteiger partial charge in [0.1, 0.15) is 5.82 Å². The summed E-state index contributed by atoms with van der Waals surface area (Å²) < 4.78 is 19.8. The maximum Gasteiger partial charge on any atom is 0.123 e. The Morgan fingerprint density at radius 2 is 2.12 bits per heavy atom. The molecule has 3 heteroatoms. The normalized spacial score (nSPS) is 12.6. The van der Waals surface area contributed by atoms with Gasteiger partial charge in [0.15, 0.2) is 0 Å². The standard InChI is InChI=1S/C14H20FIO/c1-2-3-4-5-9-17-14(11-16)12-7-6-8-13(15)10-12/h6-8,10,14H,2-5,9,11H2,1H3. The van der Waals surface area contributed by atoms with Crippen LogP contribution in [0.4, 0.5) is 4.39 Å². The van der Waals surface area contributed by atoms with E-state index in [-0.39, 0.29) is 11.9 Å². The van der Waals surface area contributed by atoms with Crippen molar-refractivity contribution in [2.24, 2.45) is 0 Å². The minimum atomic E-state index is -0.188. The Balaban J connectivity index is 2.38. The van der Waals surface area contributed by atoms with Crippen LogP contribution in [0.25, 0.3) is 0 Å². The average molecular weight is 350 g/mol. The van der Waals surface area contributed by atoms with Gasteiger partial charge in [-0.05, 0) is 24.1 Å². The van der Waals surface area contributed by atoms with Crippen molar-refractivity contribution < 1.29 is 9.13 Å². The van der Waals surface area contributed by atoms with E-state index in [1.54, 1.807) is 12.1 Å². The van der Waals surface area contributed by atoms with E-state index in [1.807, 2.05) is 6.07 Å². The third kappa shape index (κ3) is 5.82. The highest BCUT2D eigenvalue weighted by Crippen LogP contribution is 2.21. The van der Waals surface area contributed by atoms with Crippen LogP contribution in [0.5, 0.6) is 0 Å². The summed E-state index contributed by atoms with van der Waals surface area (Å²) in [5.74, 6) is -0.188. The van der Waals surface area contributed by atoms with Gasteiger partial charge in [0, 0.05) is 11.0 Å². The Kier molecular flexibility index (Phi) is 7.77. The highest BCUT2D eigenvalue weighted by Gasteiger charge is 2.10. The largest absolute Gasteiger partial charge is 0.373 e. The molecule has 0 aromatic heterocycles. The Morgan fingerprint density at radius 1 is 1.29 bits per heavy atom. The van der Waals surface area contributed by atoms with E-state index in [4.69, 9.17) is 4.74 Å². The summed E-state index contributed by atoms with van der Waals surface area (Å²) in [6.45, 7) is 2.96. The molecule has 0 radical (unpaired) electrons. The average Bonchev–Trinajstić information content (AvgIpc) is 2.34. The fourth-order valence-corrected chi connectivity index (χ4v) is 2.45. The van der Waals surface area contributed by atoms with Crippen LogP contribution in [0, 0.1) is 5.82 Å². The van der Waals surface area contributed by atoms with Crippen LogP contribution in [-0.2, 0) is 4.74 Å². The predicted molar refractivity (Wildman–Crippen MR) is 78.1 cm³/mol. The number of alkyl halides is 1. The molecule has 96 valence electrons. The van der Waals surface area contributed by atoms with E-state index < -0.39 is 0 Å². The quantitative estimate of drug-likeness (QED) is 0.368. The molecular weight excluding hydrogens is 330 g/mol. The number of benzene rings is 1. The molecule has 1 aromatic rings. The molecule has 0 fully saturated rings. The molecule has 0 spiro atoms. The molecule has 0 aliphatic heterocycles. The summed E-state index contributed by atoms with van der Waals surface area (Å²) in [7, 11) is 0. The van der Waals surface area contributed by atoms with Crippen molar-refractivity contribution in [2.45, 2.75) is 38.7 Å². The van der Waals surface area contributed by atoms with Crippen LogP contribution in [0.15, 0.2) is 24.3 Å². The lowest BCUT2D eigenvalue weighted by Crippen LogP contribution is -2.07. The molecule has 0 aliphatic rings. The van der Waals surface area contributed by atoms with Crippen molar-refractivity contribution in [3.8, 4) is 0 Å². The smallest absolute Gasteiger partial charge is 0.123 e. The summed E-state index contributed by atoms with van der Waals surface area (Å²) in [6.07, 6.45) is 4.83. The van der Waals surface area contributed by atoms with Crippen LogP contribution in [0.1, 0.15) is 44.3 Å². The molecular formula is C14H20FIO. The van der Waals surface area contributed by atoms with Crippen molar-refractivity contribution in [3.63, 3.8) is 0 Å². The number of unbranched alkanes of at least 4 members (excludes halogenated alkanes) is 3. The summed E-state index contributed by atoms with van der Waals surface area (Å²) >= 11 is 2.29. The van der Waals surface area contributed by atoms with E-state index >= 15 is 0 Å². The third-order valence-corrected chi connectivity index (χ3v) is 3.48. The molecule has 1 aromatic carbocycles. The minimum Gasteiger partial charge on any atom is -0.373 e. The maximum absolute atomic E-state index is 13.1. The summed E-state index contributed by atoms with van der Waals surface area (Å²) in [5, 5.41) is 0. The molecule has 0 bridgehead atoms. The summed E-state index contributed by atoms with van der Waals surface area (Å²) in [5.41, 5.74) is 0.940. The maximum atomic E-state index is 13.1. The Hall–Kier alpha value is -0.160. The Morgan fingerprint density at radius 3 is 2.76 bits per heavy atom. The SMILES string of the molecule is CCCCCCOC(CI)c1cccc(F)c1. The predicted octanol–water partition coefficient (Wildman–Crippen LogP) is 4.90. The zero-order valence-electron chi connectivity index (χ0n) is 10.3. The number of ether oxygens (including phenoxy) is 1. The molecule has 0 aliphatic carbocycles. The van der Waals surface area contributed by atoms with E-state index in [9.17, 15) is 4.39 Å². The summed E-state index contributed by atoms with van der Waals surface area (Å²) in [6, 6.07) is 6.70. The Labute approximate surface area is 117 Å². The van der Waals surface area contributed by atoms with Gasteiger partial charge >= 0.3 is 0 Å². The van der Waals surface area contributed by atoms with Crippen LogP contribution in [0.3, 0.4) is 0 Å². The molecule has 1 atom stereocenters. The van der Waals surface area contributed by atoms with Gasteiger partial charge in [-0.1, -0.05) is 60.9 Å². The number of halogens is 2. The van der Waals surface area contributed by atoms with Gasteiger partial charge in [0.2, 0.25) is 0 Å². The number of hydrogen-bond donors (Lipinski definition) is 0. The van der Waals surface area contributed by atoms with E-state index in [0.29, 0.717) is 0 Å². The lowest BCUT2D eigenvalue weighted by molar-refractivity contribution is 0.0677. The van der Waals surface area contributed by atoms with Crippen LogP contribution in [0.2, 0.25) is 0 Å². The van der Waals surface area contributed by atoms with Crippen LogP contribution < -0.4 is 0 Å². The van der Waals surface area contributed by atoms with Crippen molar-refractivity contribution in [1.82, 2.24) is 0 Å². The van der Waals surface area contributed by atoms with Crippen molar-refractivity contribution in [1.29, 1.82) is 0 Å². The first-order chi connectivity index (χ1) is 8.27. The van der Waals surface area contributed by atoms with Gasteiger partial charge < -0.3 is 4.74 Å². The van der Waals surface area contributed by atoms with E-state index in [0.717, 1.165) is 23.0 Å². The molecule has 0 amide bonds. The Bertz CT molecular complexity index is 317. The van der Waals surface area contributed by atoms with Crippen molar-refractivity contribution in [2.75, 3.05) is 11.0 Å². The van der Waals surface area contributed by atoms with Gasteiger partial charge in [-0.2, -0.15) is 0 Å². The number of hydrogen-bond acceptors (Lipinski definition) is 1. The molecule has 17 heavy (non-hydrogen) atoms. The lowest BCUT2D eigenvalue weighted by atomic mass is 10.1. The van der Waals surface area contributed by atoms with Gasteiger partial charge in [-0.3, -0.25) is 0 Å². The van der Waals surface area contributed by atoms with E-state index in [2.05, 4.69) is 29.5 Å². The fraction of sp³-hybridized carbons (Fsp3) is 0.571. The molecule has 0 saturated carbocycles. The van der Waals surface area contributed by atoms with Gasteiger partial charge in [0.25, 0.3) is 0 Å². The fourth-order valence-electron chi connectivity index (χ4n) is 1.69. The van der Waals surface area contributed by atoms with Gasteiger partial charge in [0.05, 0.1) is 6.10 Å². The van der Waals surface area contributed by atoms with Crippen molar-refractivity contribution >= 4 is 22.6 Å². The molecule has 0 N–H and O–H groups in total. The first kappa shape index (κ1) is 14.9. The summed E-state index contributed by atoms with van der Waals surface area (Å²) in [4.78, 5) is 0. The van der Waals surface area contributed by atoms with Gasteiger partial charge in [-0.15, -0.1) is 0 Å².